The van der Waals surface area contributed by atoms with Gasteiger partial charge in [-0.15, -0.1) is 0 Å². The Kier molecular flexibility index (Phi) is 5.64. The van der Waals surface area contributed by atoms with Crippen LogP contribution >= 0.6 is 0 Å². The Labute approximate surface area is 122 Å². The highest BCUT2D eigenvalue weighted by atomic mass is 16.6. The topological polar surface area (TPSA) is 105 Å². The summed E-state index contributed by atoms with van der Waals surface area (Å²) in [4.78, 5) is 20.9. The van der Waals surface area contributed by atoms with Gasteiger partial charge in [0.15, 0.2) is 0 Å². The fourth-order valence-corrected chi connectivity index (χ4v) is 2.14. The zero-order valence-corrected chi connectivity index (χ0v) is 12.0. The molecule has 9 nitrogen and oxygen atoms in total. The zero-order chi connectivity index (χ0) is 15.1. The lowest BCUT2D eigenvalue weighted by Gasteiger charge is -2.26. The Bertz CT molecular complexity index is 478. The van der Waals surface area contributed by atoms with Gasteiger partial charge in [0.05, 0.1) is 18.1 Å². The third-order valence-corrected chi connectivity index (χ3v) is 3.17. The molecule has 0 radical (unpaired) electrons. The molecule has 2 heterocycles. The quantitative estimate of drug-likeness (QED) is 0.555. The molecule has 21 heavy (non-hydrogen) atoms. The largest absolute Gasteiger partial charge is 0.379 e. The molecule has 1 saturated heterocycles. The van der Waals surface area contributed by atoms with E-state index in [2.05, 4.69) is 25.5 Å². The molecule has 1 aromatic heterocycles. The van der Waals surface area contributed by atoms with Crippen molar-refractivity contribution in [1.29, 1.82) is 0 Å². The van der Waals surface area contributed by atoms with E-state index in [0.717, 1.165) is 32.8 Å². The fourth-order valence-electron chi connectivity index (χ4n) is 2.14. The standard InChI is InChI=1S/C12H20N6O3/c1-2-13-11-10(18(19)20)12(16-9-15-11)14-3-4-17-5-7-21-8-6-17/h9H,2-8H2,1H3,(H2,13,14,15,16). The highest BCUT2D eigenvalue weighted by Crippen LogP contribution is 2.28. The van der Waals surface area contributed by atoms with Crippen molar-refractivity contribution in [1.82, 2.24) is 14.9 Å². The van der Waals surface area contributed by atoms with E-state index in [1.807, 2.05) is 6.92 Å². The van der Waals surface area contributed by atoms with Crippen LogP contribution in [0.4, 0.5) is 17.3 Å². The number of nitro groups is 1. The summed E-state index contributed by atoms with van der Waals surface area (Å²) in [5, 5.41) is 17.1. The van der Waals surface area contributed by atoms with Crippen molar-refractivity contribution in [2.75, 3.05) is 56.6 Å². The van der Waals surface area contributed by atoms with Crippen molar-refractivity contribution < 1.29 is 9.66 Å². The molecule has 1 aliphatic rings. The van der Waals surface area contributed by atoms with Crippen molar-refractivity contribution >= 4 is 17.3 Å². The monoisotopic (exact) mass is 296 g/mol. The molecule has 0 atom stereocenters. The molecule has 9 heteroatoms. The Hall–Kier alpha value is -2.00. The highest BCUT2D eigenvalue weighted by Gasteiger charge is 2.22. The predicted molar refractivity (Wildman–Crippen MR) is 78.6 cm³/mol. The Morgan fingerprint density at radius 1 is 1.33 bits per heavy atom. The smallest absolute Gasteiger partial charge is 0.353 e. The minimum absolute atomic E-state index is 0.110. The minimum atomic E-state index is -0.463. The average molecular weight is 296 g/mol. The van der Waals surface area contributed by atoms with Crippen molar-refractivity contribution in [3.63, 3.8) is 0 Å². The van der Waals surface area contributed by atoms with Gasteiger partial charge in [-0.05, 0) is 6.92 Å². The van der Waals surface area contributed by atoms with E-state index in [0.29, 0.717) is 13.1 Å². The number of hydrogen-bond donors (Lipinski definition) is 2. The van der Waals surface area contributed by atoms with Crippen LogP contribution < -0.4 is 10.6 Å². The van der Waals surface area contributed by atoms with Crippen LogP contribution in [0.1, 0.15) is 6.92 Å². The summed E-state index contributed by atoms with van der Waals surface area (Å²) >= 11 is 0. The SMILES string of the molecule is CCNc1ncnc(NCCN2CCOCC2)c1[N+](=O)[O-]. The molecular formula is C12H20N6O3. The fraction of sp³-hybridized carbons (Fsp3) is 0.667. The van der Waals surface area contributed by atoms with Gasteiger partial charge in [0.2, 0.25) is 11.6 Å². The lowest BCUT2D eigenvalue weighted by atomic mass is 10.4. The number of hydrogen-bond acceptors (Lipinski definition) is 8. The van der Waals surface area contributed by atoms with E-state index in [4.69, 9.17) is 4.74 Å². The van der Waals surface area contributed by atoms with Gasteiger partial charge in [0.1, 0.15) is 6.33 Å². The van der Waals surface area contributed by atoms with Crippen LogP contribution in [0.5, 0.6) is 0 Å². The third kappa shape index (κ3) is 4.23. The first kappa shape index (κ1) is 15.4. The summed E-state index contributed by atoms with van der Waals surface area (Å²) in [5.41, 5.74) is -0.110. The summed E-state index contributed by atoms with van der Waals surface area (Å²) in [6.07, 6.45) is 1.32. The van der Waals surface area contributed by atoms with Crippen molar-refractivity contribution in [2.24, 2.45) is 0 Å². The van der Waals surface area contributed by atoms with Gasteiger partial charge in [-0.2, -0.15) is 0 Å². The second-order valence-electron chi connectivity index (χ2n) is 4.59. The molecule has 0 bridgehead atoms. The summed E-state index contributed by atoms with van der Waals surface area (Å²) in [6.45, 7) is 7.04. The van der Waals surface area contributed by atoms with E-state index < -0.39 is 4.92 Å². The maximum absolute atomic E-state index is 11.2. The van der Waals surface area contributed by atoms with Crippen molar-refractivity contribution in [3.05, 3.63) is 16.4 Å². The van der Waals surface area contributed by atoms with Crippen LogP contribution in [0.2, 0.25) is 0 Å². The lowest BCUT2D eigenvalue weighted by Crippen LogP contribution is -2.39. The van der Waals surface area contributed by atoms with Gasteiger partial charge in [0, 0.05) is 32.7 Å². The van der Waals surface area contributed by atoms with Gasteiger partial charge in [-0.3, -0.25) is 15.0 Å². The molecule has 0 unspecified atom stereocenters. The second kappa shape index (κ2) is 7.70. The Balaban J connectivity index is 1.98. The third-order valence-electron chi connectivity index (χ3n) is 3.17. The van der Waals surface area contributed by atoms with Crippen LogP contribution in [0.3, 0.4) is 0 Å². The number of rotatable bonds is 7. The molecule has 1 aliphatic heterocycles. The van der Waals surface area contributed by atoms with Crippen LogP contribution in [0, 0.1) is 10.1 Å². The lowest BCUT2D eigenvalue weighted by molar-refractivity contribution is -0.383. The van der Waals surface area contributed by atoms with Crippen LogP contribution in [0.25, 0.3) is 0 Å². The highest BCUT2D eigenvalue weighted by molar-refractivity contribution is 5.69. The van der Waals surface area contributed by atoms with Gasteiger partial charge in [-0.1, -0.05) is 0 Å². The van der Waals surface area contributed by atoms with Gasteiger partial charge in [-0.25, -0.2) is 9.97 Å². The molecule has 116 valence electrons. The van der Waals surface area contributed by atoms with E-state index in [1.165, 1.54) is 6.33 Å². The van der Waals surface area contributed by atoms with Crippen LogP contribution in [-0.4, -0.2) is 65.7 Å². The normalized spacial score (nSPS) is 15.7. The molecule has 2 rings (SSSR count). The van der Waals surface area contributed by atoms with Crippen LogP contribution in [-0.2, 0) is 4.74 Å². The van der Waals surface area contributed by atoms with Gasteiger partial charge in [0.25, 0.3) is 0 Å². The van der Waals surface area contributed by atoms with Gasteiger partial charge < -0.3 is 15.4 Å². The first-order valence-electron chi connectivity index (χ1n) is 6.99. The number of nitrogens with one attached hydrogen (secondary N) is 2. The predicted octanol–water partition coefficient (Wildman–Crippen LogP) is 0.561. The summed E-state index contributed by atoms with van der Waals surface area (Å²) < 4.78 is 5.28. The number of morpholine rings is 1. The first-order valence-corrected chi connectivity index (χ1v) is 6.99. The number of ether oxygens (including phenoxy) is 1. The van der Waals surface area contributed by atoms with Crippen molar-refractivity contribution in [2.45, 2.75) is 6.92 Å². The summed E-state index contributed by atoms with van der Waals surface area (Å²) in [6, 6.07) is 0. The Morgan fingerprint density at radius 3 is 2.62 bits per heavy atom. The van der Waals surface area contributed by atoms with E-state index in [1.54, 1.807) is 0 Å². The molecule has 0 amide bonds. The van der Waals surface area contributed by atoms with Crippen molar-refractivity contribution in [3.8, 4) is 0 Å². The Morgan fingerprint density at radius 2 is 2.00 bits per heavy atom. The number of aromatic nitrogens is 2. The second-order valence-corrected chi connectivity index (χ2v) is 4.59. The molecular weight excluding hydrogens is 276 g/mol. The summed E-state index contributed by atoms with van der Waals surface area (Å²) in [5.74, 6) is 0.491. The van der Waals surface area contributed by atoms with Gasteiger partial charge >= 0.3 is 5.69 Å². The molecule has 2 N–H and O–H groups in total. The maximum atomic E-state index is 11.2. The van der Waals surface area contributed by atoms with E-state index in [9.17, 15) is 10.1 Å². The molecule has 0 aliphatic carbocycles. The summed E-state index contributed by atoms with van der Waals surface area (Å²) in [7, 11) is 0. The molecule has 1 aromatic rings. The maximum Gasteiger partial charge on any atom is 0.353 e. The van der Waals surface area contributed by atoms with E-state index in [-0.39, 0.29) is 17.3 Å². The number of anilines is 2. The van der Waals surface area contributed by atoms with Crippen LogP contribution in [0.15, 0.2) is 6.33 Å². The number of nitrogens with zero attached hydrogens (tertiary/aromatic N) is 4. The average Bonchev–Trinajstić information content (AvgIpc) is 2.48. The first-order chi connectivity index (χ1) is 10.2. The molecule has 0 aromatic carbocycles. The molecule has 0 saturated carbocycles. The minimum Gasteiger partial charge on any atom is -0.379 e. The van der Waals surface area contributed by atoms with E-state index >= 15 is 0 Å². The zero-order valence-electron chi connectivity index (χ0n) is 12.0. The molecule has 0 spiro atoms. The molecule has 1 fully saturated rings.